The van der Waals surface area contributed by atoms with E-state index in [2.05, 4.69) is 44.8 Å². The summed E-state index contributed by atoms with van der Waals surface area (Å²) in [5.41, 5.74) is 3.58. The molecule has 0 aliphatic rings. The normalized spacial score (nSPS) is 9.52. The predicted octanol–water partition coefficient (Wildman–Crippen LogP) is 5.45. The standard InChI is InChI=1S/C8H7NS.C5H6N2.C5H6S/c1-6-9-7-4-2-3-5-8(7)10-6;1-5-2-6-4-7-3-5;1-5-2-3-6-4-5/h2-5H,1H3;2-4H,1H3;2-4H,1H3. The minimum Gasteiger partial charge on any atom is -0.245 e. The molecule has 5 heteroatoms. The highest BCUT2D eigenvalue weighted by atomic mass is 32.1. The summed E-state index contributed by atoms with van der Waals surface area (Å²) in [6, 6.07) is 10.3. The number of hydrogen-bond acceptors (Lipinski definition) is 5. The summed E-state index contributed by atoms with van der Waals surface area (Å²) < 4.78 is 1.28. The molecule has 3 heterocycles. The molecule has 118 valence electrons. The van der Waals surface area contributed by atoms with Gasteiger partial charge in [0.15, 0.2) is 0 Å². The smallest absolute Gasteiger partial charge is 0.115 e. The van der Waals surface area contributed by atoms with Crippen molar-refractivity contribution in [1.82, 2.24) is 15.0 Å². The second-order valence-electron chi connectivity index (χ2n) is 4.92. The molecule has 0 atom stereocenters. The molecule has 4 rings (SSSR count). The van der Waals surface area contributed by atoms with Gasteiger partial charge in [-0.05, 0) is 60.9 Å². The van der Waals surface area contributed by atoms with Gasteiger partial charge < -0.3 is 0 Å². The summed E-state index contributed by atoms with van der Waals surface area (Å²) in [6.07, 6.45) is 5.06. The molecule has 0 radical (unpaired) electrons. The lowest BCUT2D eigenvalue weighted by Gasteiger charge is -1.81. The number of hydrogen-bond donors (Lipinski definition) is 0. The van der Waals surface area contributed by atoms with Gasteiger partial charge in [-0.1, -0.05) is 12.1 Å². The Morgan fingerprint density at radius 2 is 1.61 bits per heavy atom. The van der Waals surface area contributed by atoms with Crippen LogP contribution in [-0.4, -0.2) is 15.0 Å². The molecule has 0 amide bonds. The number of nitrogens with zero attached hydrogens (tertiary/aromatic N) is 3. The first kappa shape index (κ1) is 17.2. The molecule has 3 nitrogen and oxygen atoms in total. The number of thiazole rings is 1. The number of para-hydroxylation sites is 1. The van der Waals surface area contributed by atoms with Gasteiger partial charge in [-0.3, -0.25) is 0 Å². The highest BCUT2D eigenvalue weighted by Crippen LogP contribution is 2.19. The minimum atomic E-state index is 1.10. The molecule has 0 N–H and O–H groups in total. The van der Waals surface area contributed by atoms with Crippen LogP contribution >= 0.6 is 22.7 Å². The van der Waals surface area contributed by atoms with Crippen LogP contribution in [0.5, 0.6) is 0 Å². The zero-order chi connectivity index (χ0) is 16.5. The van der Waals surface area contributed by atoms with Gasteiger partial charge in [-0.15, -0.1) is 11.3 Å². The van der Waals surface area contributed by atoms with Gasteiger partial charge in [0.1, 0.15) is 6.33 Å². The first-order chi connectivity index (χ1) is 11.1. The third kappa shape index (κ3) is 6.26. The molecule has 23 heavy (non-hydrogen) atoms. The Morgan fingerprint density at radius 3 is 2.09 bits per heavy atom. The van der Waals surface area contributed by atoms with Crippen molar-refractivity contribution in [3.8, 4) is 0 Å². The summed E-state index contributed by atoms with van der Waals surface area (Å²) in [7, 11) is 0. The van der Waals surface area contributed by atoms with Crippen molar-refractivity contribution in [2.45, 2.75) is 20.8 Å². The number of aryl methyl sites for hydroxylation is 3. The van der Waals surface area contributed by atoms with Crippen molar-refractivity contribution in [3.05, 3.63) is 75.9 Å². The Bertz CT molecular complexity index is 776. The Balaban J connectivity index is 0.000000131. The summed E-state index contributed by atoms with van der Waals surface area (Å²) >= 11 is 3.48. The van der Waals surface area contributed by atoms with Crippen molar-refractivity contribution in [2.24, 2.45) is 0 Å². The van der Waals surface area contributed by atoms with Gasteiger partial charge in [0.25, 0.3) is 0 Å². The van der Waals surface area contributed by atoms with Crippen LogP contribution in [0, 0.1) is 20.8 Å². The van der Waals surface area contributed by atoms with Gasteiger partial charge >= 0.3 is 0 Å². The van der Waals surface area contributed by atoms with Crippen molar-refractivity contribution >= 4 is 32.9 Å². The fraction of sp³-hybridized carbons (Fsp3) is 0.167. The molecule has 0 aliphatic carbocycles. The summed E-state index contributed by atoms with van der Waals surface area (Å²) in [6.45, 7) is 6.08. The molecule has 4 aromatic rings. The summed E-state index contributed by atoms with van der Waals surface area (Å²) in [5.74, 6) is 0. The van der Waals surface area contributed by atoms with E-state index in [1.165, 1.54) is 16.6 Å². The molecule has 0 saturated carbocycles. The minimum absolute atomic E-state index is 1.10. The van der Waals surface area contributed by atoms with Crippen molar-refractivity contribution in [3.63, 3.8) is 0 Å². The van der Waals surface area contributed by atoms with Crippen LogP contribution in [0.25, 0.3) is 10.2 Å². The van der Waals surface area contributed by atoms with Crippen LogP contribution in [0.4, 0.5) is 0 Å². The van der Waals surface area contributed by atoms with Crippen LogP contribution in [0.3, 0.4) is 0 Å². The zero-order valence-electron chi connectivity index (χ0n) is 13.4. The molecule has 0 bridgehead atoms. The fourth-order valence-electron chi connectivity index (χ4n) is 1.69. The maximum absolute atomic E-state index is 4.33. The molecule has 0 fully saturated rings. The van der Waals surface area contributed by atoms with Crippen LogP contribution < -0.4 is 0 Å². The van der Waals surface area contributed by atoms with E-state index in [4.69, 9.17) is 0 Å². The van der Waals surface area contributed by atoms with Gasteiger partial charge in [0.05, 0.1) is 15.2 Å². The van der Waals surface area contributed by atoms with E-state index in [1.54, 1.807) is 35.1 Å². The fourth-order valence-corrected chi connectivity index (χ4v) is 3.19. The van der Waals surface area contributed by atoms with Gasteiger partial charge in [-0.2, -0.15) is 11.3 Å². The molecule has 1 aromatic carbocycles. The molecule has 0 spiro atoms. The van der Waals surface area contributed by atoms with E-state index in [-0.39, 0.29) is 0 Å². The van der Waals surface area contributed by atoms with E-state index >= 15 is 0 Å². The Kier molecular flexibility index (Phi) is 6.84. The Labute approximate surface area is 144 Å². The number of thiophene rings is 1. The van der Waals surface area contributed by atoms with Crippen molar-refractivity contribution in [2.75, 3.05) is 0 Å². The highest BCUT2D eigenvalue weighted by molar-refractivity contribution is 7.18. The lowest BCUT2D eigenvalue weighted by molar-refractivity contribution is 1.13. The number of rotatable bonds is 0. The third-order valence-corrected chi connectivity index (χ3v) is 4.51. The van der Waals surface area contributed by atoms with Gasteiger partial charge in [0, 0.05) is 12.4 Å². The van der Waals surface area contributed by atoms with Gasteiger partial charge in [0.2, 0.25) is 0 Å². The van der Waals surface area contributed by atoms with Crippen LogP contribution in [0.2, 0.25) is 0 Å². The maximum Gasteiger partial charge on any atom is 0.115 e. The van der Waals surface area contributed by atoms with Crippen LogP contribution in [0.15, 0.2) is 59.8 Å². The number of benzene rings is 1. The number of fused-ring (bicyclic) bond motifs is 1. The highest BCUT2D eigenvalue weighted by Gasteiger charge is 1.95. The first-order valence-corrected chi connectivity index (χ1v) is 8.93. The van der Waals surface area contributed by atoms with E-state index in [0.717, 1.165) is 16.1 Å². The average Bonchev–Trinajstić information content (AvgIpc) is 3.16. The summed E-state index contributed by atoms with van der Waals surface area (Å²) in [5, 5.41) is 5.34. The second-order valence-corrected chi connectivity index (χ2v) is 6.93. The van der Waals surface area contributed by atoms with E-state index < -0.39 is 0 Å². The monoisotopic (exact) mass is 341 g/mol. The predicted molar refractivity (Wildman–Crippen MR) is 100 cm³/mol. The summed E-state index contributed by atoms with van der Waals surface area (Å²) in [4.78, 5) is 11.9. The molecule has 0 unspecified atom stereocenters. The van der Waals surface area contributed by atoms with Crippen molar-refractivity contribution < 1.29 is 0 Å². The van der Waals surface area contributed by atoms with E-state index in [0.29, 0.717) is 0 Å². The Hall–Kier alpha value is -2.11. The topological polar surface area (TPSA) is 38.7 Å². The molecular weight excluding hydrogens is 322 g/mol. The van der Waals surface area contributed by atoms with E-state index in [1.807, 2.05) is 32.0 Å². The van der Waals surface area contributed by atoms with Gasteiger partial charge in [-0.25, -0.2) is 15.0 Å². The lowest BCUT2D eigenvalue weighted by atomic mass is 10.3. The largest absolute Gasteiger partial charge is 0.245 e. The molecule has 0 saturated heterocycles. The quantitative estimate of drug-likeness (QED) is 0.427. The SMILES string of the molecule is Cc1ccsc1.Cc1cncnc1.Cc1nc2ccccc2s1. The zero-order valence-corrected chi connectivity index (χ0v) is 15.1. The van der Waals surface area contributed by atoms with E-state index in [9.17, 15) is 0 Å². The first-order valence-electron chi connectivity index (χ1n) is 7.18. The average molecular weight is 342 g/mol. The van der Waals surface area contributed by atoms with Crippen molar-refractivity contribution in [1.29, 1.82) is 0 Å². The Morgan fingerprint density at radius 1 is 0.870 bits per heavy atom. The van der Waals surface area contributed by atoms with Crippen LogP contribution in [-0.2, 0) is 0 Å². The molecule has 3 aromatic heterocycles. The third-order valence-electron chi connectivity index (χ3n) is 2.75. The maximum atomic E-state index is 4.33. The second kappa shape index (κ2) is 9.12. The molecular formula is C18H19N3S2. The molecule has 0 aliphatic heterocycles. The lowest BCUT2D eigenvalue weighted by Crippen LogP contribution is -1.75. The number of aromatic nitrogens is 3. The van der Waals surface area contributed by atoms with Crippen LogP contribution in [0.1, 0.15) is 16.1 Å².